The lowest BCUT2D eigenvalue weighted by Crippen LogP contribution is -2.13. The molecule has 0 aromatic heterocycles. The van der Waals surface area contributed by atoms with Crippen molar-refractivity contribution < 1.29 is 0 Å². The fraction of sp³-hybridized carbons (Fsp3) is 0.857. The van der Waals surface area contributed by atoms with Crippen LogP contribution in [0.25, 0.3) is 0 Å². The molecule has 0 bridgehead atoms. The quantitative estimate of drug-likeness (QED) is 0.551. The maximum atomic E-state index is 3.90. The zero-order valence-electron chi connectivity index (χ0n) is 9.97. The molecular weight excluding hydrogens is 168 g/mol. The van der Waals surface area contributed by atoms with Crippen LogP contribution in [-0.4, -0.2) is 0 Å². The molecule has 0 spiro atoms. The second-order valence-electron chi connectivity index (χ2n) is 5.11. The molecule has 0 aliphatic heterocycles. The molecule has 1 aliphatic rings. The van der Waals surface area contributed by atoms with E-state index in [4.69, 9.17) is 0 Å². The first-order valence-corrected chi connectivity index (χ1v) is 6.38. The molecule has 1 unspecified atom stereocenters. The Morgan fingerprint density at radius 2 is 1.93 bits per heavy atom. The van der Waals surface area contributed by atoms with Crippen LogP contribution in [0.3, 0.4) is 0 Å². The molecule has 0 aromatic carbocycles. The first-order chi connectivity index (χ1) is 6.76. The number of rotatable bonds is 5. The lowest BCUT2D eigenvalue weighted by Gasteiger charge is -2.27. The highest BCUT2D eigenvalue weighted by atomic mass is 14.2. The number of hydrogen-bond acceptors (Lipinski definition) is 0. The van der Waals surface area contributed by atoms with Crippen LogP contribution >= 0.6 is 0 Å². The van der Waals surface area contributed by atoms with E-state index >= 15 is 0 Å². The minimum Gasteiger partial charge on any atom is -0.103 e. The highest BCUT2D eigenvalue weighted by molar-refractivity contribution is 4.84. The predicted octanol–water partition coefficient (Wildman–Crippen LogP) is 4.81. The number of allylic oxidation sites excluding steroid dienone is 1. The Bertz CT molecular complexity index is 151. The molecule has 0 radical (unpaired) electrons. The summed E-state index contributed by atoms with van der Waals surface area (Å²) in [6, 6.07) is 0. The average Bonchev–Trinajstić information content (AvgIpc) is 2.26. The topological polar surface area (TPSA) is 0 Å². The Hall–Kier alpha value is -0.260. The van der Waals surface area contributed by atoms with Crippen molar-refractivity contribution in [3.8, 4) is 0 Å². The van der Waals surface area contributed by atoms with Crippen LogP contribution in [0.2, 0.25) is 0 Å². The van der Waals surface area contributed by atoms with Gasteiger partial charge in [0.25, 0.3) is 0 Å². The molecule has 0 N–H and O–H groups in total. The zero-order valence-corrected chi connectivity index (χ0v) is 9.97. The Morgan fingerprint density at radius 1 is 1.29 bits per heavy atom. The molecule has 0 heteroatoms. The van der Waals surface area contributed by atoms with Crippen LogP contribution in [0, 0.1) is 17.8 Å². The third-order valence-corrected chi connectivity index (χ3v) is 3.99. The molecule has 1 fully saturated rings. The summed E-state index contributed by atoms with van der Waals surface area (Å²) in [5, 5.41) is 0. The summed E-state index contributed by atoms with van der Waals surface area (Å²) in [4.78, 5) is 0. The van der Waals surface area contributed by atoms with E-state index in [9.17, 15) is 0 Å². The first kappa shape index (κ1) is 11.8. The largest absolute Gasteiger partial charge is 0.103 e. The van der Waals surface area contributed by atoms with Gasteiger partial charge in [-0.05, 0) is 43.4 Å². The van der Waals surface area contributed by atoms with Gasteiger partial charge in [0.1, 0.15) is 0 Å². The molecule has 0 saturated heterocycles. The van der Waals surface area contributed by atoms with Gasteiger partial charge in [0, 0.05) is 0 Å². The van der Waals surface area contributed by atoms with Gasteiger partial charge < -0.3 is 0 Å². The van der Waals surface area contributed by atoms with Gasteiger partial charge >= 0.3 is 0 Å². The van der Waals surface area contributed by atoms with Crippen LogP contribution in [0.5, 0.6) is 0 Å². The third kappa shape index (κ3) is 3.86. The molecule has 1 rings (SSSR count). The SMILES string of the molecule is C=CC1CCC(CCC(C)CC)CC1. The third-order valence-electron chi connectivity index (χ3n) is 3.99. The number of hydrogen-bond donors (Lipinski definition) is 0. The highest BCUT2D eigenvalue weighted by Crippen LogP contribution is 2.32. The maximum absolute atomic E-state index is 3.90. The van der Waals surface area contributed by atoms with Crippen molar-refractivity contribution in [2.45, 2.75) is 58.8 Å². The van der Waals surface area contributed by atoms with Crippen molar-refractivity contribution in [1.82, 2.24) is 0 Å². The van der Waals surface area contributed by atoms with Gasteiger partial charge in [-0.1, -0.05) is 39.2 Å². The van der Waals surface area contributed by atoms with E-state index in [1.54, 1.807) is 0 Å². The van der Waals surface area contributed by atoms with Crippen LogP contribution in [0.15, 0.2) is 12.7 Å². The van der Waals surface area contributed by atoms with E-state index < -0.39 is 0 Å². The van der Waals surface area contributed by atoms with Crippen LogP contribution in [-0.2, 0) is 0 Å². The maximum Gasteiger partial charge on any atom is -0.0236 e. The Kier molecular flexibility index (Phi) is 5.29. The average molecular weight is 194 g/mol. The lowest BCUT2D eigenvalue weighted by atomic mass is 9.79. The van der Waals surface area contributed by atoms with Crippen molar-refractivity contribution in [2.24, 2.45) is 17.8 Å². The summed E-state index contributed by atoms with van der Waals surface area (Å²) in [5.41, 5.74) is 0. The van der Waals surface area contributed by atoms with Gasteiger partial charge in [-0.3, -0.25) is 0 Å². The first-order valence-electron chi connectivity index (χ1n) is 6.38. The Morgan fingerprint density at radius 3 is 2.43 bits per heavy atom. The summed E-state index contributed by atoms with van der Waals surface area (Å²) >= 11 is 0. The van der Waals surface area contributed by atoms with Gasteiger partial charge in [-0.25, -0.2) is 0 Å². The molecule has 0 nitrogen and oxygen atoms in total. The van der Waals surface area contributed by atoms with Gasteiger partial charge in [0.05, 0.1) is 0 Å². The summed E-state index contributed by atoms with van der Waals surface area (Å²) in [7, 11) is 0. The van der Waals surface area contributed by atoms with Crippen LogP contribution in [0.4, 0.5) is 0 Å². The van der Waals surface area contributed by atoms with Crippen molar-refractivity contribution in [3.63, 3.8) is 0 Å². The monoisotopic (exact) mass is 194 g/mol. The van der Waals surface area contributed by atoms with E-state index in [-0.39, 0.29) is 0 Å². The molecule has 82 valence electrons. The second-order valence-corrected chi connectivity index (χ2v) is 5.11. The van der Waals surface area contributed by atoms with E-state index in [1.165, 1.54) is 44.9 Å². The summed E-state index contributed by atoms with van der Waals surface area (Å²) < 4.78 is 0. The molecule has 0 aromatic rings. The van der Waals surface area contributed by atoms with Crippen LogP contribution < -0.4 is 0 Å². The second kappa shape index (κ2) is 6.27. The predicted molar refractivity (Wildman–Crippen MR) is 64.3 cm³/mol. The minimum absolute atomic E-state index is 0.829. The van der Waals surface area contributed by atoms with Crippen molar-refractivity contribution in [2.75, 3.05) is 0 Å². The minimum atomic E-state index is 0.829. The van der Waals surface area contributed by atoms with Crippen molar-refractivity contribution >= 4 is 0 Å². The van der Waals surface area contributed by atoms with Crippen molar-refractivity contribution in [3.05, 3.63) is 12.7 Å². The van der Waals surface area contributed by atoms with Gasteiger partial charge in [0.15, 0.2) is 0 Å². The molecular formula is C14H26. The summed E-state index contributed by atoms with van der Waals surface area (Å²) in [5.74, 6) is 2.79. The fourth-order valence-electron chi connectivity index (χ4n) is 2.44. The normalized spacial score (nSPS) is 29.9. The van der Waals surface area contributed by atoms with Gasteiger partial charge in [0.2, 0.25) is 0 Å². The molecule has 0 amide bonds. The molecule has 1 saturated carbocycles. The van der Waals surface area contributed by atoms with E-state index in [2.05, 4.69) is 26.5 Å². The van der Waals surface area contributed by atoms with Gasteiger partial charge in [-0.15, -0.1) is 6.58 Å². The van der Waals surface area contributed by atoms with Crippen LogP contribution in [0.1, 0.15) is 58.8 Å². The molecule has 14 heavy (non-hydrogen) atoms. The van der Waals surface area contributed by atoms with Crippen molar-refractivity contribution in [1.29, 1.82) is 0 Å². The smallest absolute Gasteiger partial charge is 0.0236 e. The highest BCUT2D eigenvalue weighted by Gasteiger charge is 2.19. The molecule has 1 aliphatic carbocycles. The summed E-state index contributed by atoms with van der Waals surface area (Å²) in [6.45, 7) is 8.59. The fourth-order valence-corrected chi connectivity index (χ4v) is 2.44. The molecule has 1 atom stereocenters. The summed E-state index contributed by atoms with van der Waals surface area (Å²) in [6.07, 6.45) is 12.1. The Balaban J connectivity index is 2.12. The standard InChI is InChI=1S/C14H26/c1-4-12(3)6-7-14-10-8-13(5-2)9-11-14/h5,12-14H,2,4,6-11H2,1,3H3. The lowest BCUT2D eigenvalue weighted by molar-refractivity contribution is 0.277. The van der Waals surface area contributed by atoms with E-state index in [0.29, 0.717) is 0 Å². The zero-order chi connectivity index (χ0) is 10.4. The van der Waals surface area contributed by atoms with E-state index in [1.807, 2.05) is 0 Å². The van der Waals surface area contributed by atoms with E-state index in [0.717, 1.165) is 17.8 Å². The molecule has 0 heterocycles. The van der Waals surface area contributed by atoms with Gasteiger partial charge in [-0.2, -0.15) is 0 Å². The Labute approximate surface area is 89.8 Å².